The number of nitrogens with one attached hydrogen (secondary N) is 1. The lowest BCUT2D eigenvalue weighted by molar-refractivity contribution is -0.112. The van der Waals surface area contributed by atoms with Crippen molar-refractivity contribution in [3.05, 3.63) is 52.8 Å². The lowest BCUT2D eigenvalue weighted by Gasteiger charge is -2.12. The van der Waals surface area contributed by atoms with Crippen LogP contribution in [0.2, 0.25) is 5.02 Å². The predicted molar refractivity (Wildman–Crippen MR) is 111 cm³/mol. The van der Waals surface area contributed by atoms with Gasteiger partial charge in [0.1, 0.15) is 17.4 Å². The molecule has 0 aliphatic heterocycles. The molecule has 2 aromatic heterocycles. The van der Waals surface area contributed by atoms with E-state index in [2.05, 4.69) is 14.7 Å². The average Bonchev–Trinajstić information content (AvgIpc) is 3.34. The maximum Gasteiger partial charge on any atom is 0.268 e. The summed E-state index contributed by atoms with van der Waals surface area (Å²) in [5, 5.41) is 13.5. The lowest BCUT2D eigenvalue weighted by Crippen LogP contribution is -2.13. The highest BCUT2D eigenvalue weighted by molar-refractivity contribution is 7.98. The van der Waals surface area contributed by atoms with E-state index in [4.69, 9.17) is 16.3 Å². The highest BCUT2D eigenvalue weighted by atomic mass is 35.5. The Morgan fingerprint density at radius 1 is 1.46 bits per heavy atom. The Morgan fingerprint density at radius 3 is 2.96 bits per heavy atom. The Morgan fingerprint density at radius 2 is 2.29 bits per heavy atom. The summed E-state index contributed by atoms with van der Waals surface area (Å²) in [5.41, 5.74) is 1.24. The van der Waals surface area contributed by atoms with Gasteiger partial charge in [-0.25, -0.2) is 0 Å². The van der Waals surface area contributed by atoms with E-state index in [0.29, 0.717) is 32.4 Å². The van der Waals surface area contributed by atoms with Gasteiger partial charge in [0.25, 0.3) is 5.91 Å². The number of thioether (sulfide) groups is 1. The molecule has 0 spiro atoms. The van der Waals surface area contributed by atoms with Crippen LogP contribution in [0.4, 0.5) is 5.13 Å². The van der Waals surface area contributed by atoms with Crippen LogP contribution in [0.1, 0.15) is 5.69 Å². The number of carbonyl (C=O) groups excluding carboxylic acids is 1. The number of benzene rings is 1. The zero-order chi connectivity index (χ0) is 20.1. The monoisotopic (exact) mass is 431 g/mol. The van der Waals surface area contributed by atoms with Crippen molar-refractivity contribution in [3.63, 3.8) is 0 Å². The molecule has 2 heterocycles. The van der Waals surface area contributed by atoms with Crippen LogP contribution in [-0.2, 0) is 4.79 Å². The van der Waals surface area contributed by atoms with Crippen LogP contribution >= 0.6 is 34.9 Å². The first-order valence-corrected chi connectivity index (χ1v) is 10.3. The predicted octanol–water partition coefficient (Wildman–Crippen LogP) is 4.26. The van der Waals surface area contributed by atoms with Gasteiger partial charge in [0.2, 0.25) is 10.3 Å². The minimum Gasteiger partial charge on any atom is -0.495 e. The van der Waals surface area contributed by atoms with Crippen LogP contribution in [-0.4, -0.2) is 33.2 Å². The fraction of sp³-hybridized carbons (Fsp3) is 0.111. The molecule has 0 radical (unpaired) electrons. The number of carbonyl (C=O) groups is 1. The van der Waals surface area contributed by atoms with Gasteiger partial charge in [-0.05, 0) is 42.7 Å². The summed E-state index contributed by atoms with van der Waals surface area (Å²) in [4.78, 5) is 16.6. The molecular formula is C18H14ClN5O2S2. The van der Waals surface area contributed by atoms with Crippen molar-refractivity contribution < 1.29 is 9.53 Å². The van der Waals surface area contributed by atoms with Gasteiger partial charge in [-0.15, -0.1) is 0 Å². The molecular weight excluding hydrogens is 418 g/mol. The first kappa shape index (κ1) is 19.9. The van der Waals surface area contributed by atoms with Gasteiger partial charge < -0.3 is 9.30 Å². The second kappa shape index (κ2) is 8.93. The van der Waals surface area contributed by atoms with E-state index in [9.17, 15) is 10.1 Å². The number of anilines is 1. The minimum absolute atomic E-state index is 0.0677. The number of amides is 1. The first-order valence-electron chi connectivity index (χ1n) is 7.88. The molecule has 10 heteroatoms. The Kier molecular flexibility index (Phi) is 6.36. The van der Waals surface area contributed by atoms with E-state index in [1.165, 1.54) is 17.8 Å². The van der Waals surface area contributed by atoms with Gasteiger partial charge in [0, 0.05) is 28.4 Å². The number of rotatable bonds is 6. The third-order valence-corrected chi connectivity index (χ3v) is 5.18. The molecule has 0 bridgehead atoms. The molecule has 0 unspecified atom stereocenters. The van der Waals surface area contributed by atoms with Gasteiger partial charge in [-0.1, -0.05) is 23.4 Å². The van der Waals surface area contributed by atoms with Crippen molar-refractivity contribution in [2.75, 3.05) is 18.7 Å². The van der Waals surface area contributed by atoms with E-state index in [1.54, 1.807) is 48.2 Å². The van der Waals surface area contributed by atoms with Crippen LogP contribution in [0, 0.1) is 11.3 Å². The number of halogens is 1. The maximum absolute atomic E-state index is 12.5. The number of nitriles is 1. The summed E-state index contributed by atoms with van der Waals surface area (Å²) in [5.74, 6) is 0.0498. The van der Waals surface area contributed by atoms with Crippen molar-refractivity contribution in [1.82, 2.24) is 13.9 Å². The molecule has 1 N–H and O–H groups in total. The SMILES string of the molecule is COc1ccc(Cl)cc1-n1cccc1/C=C(/C#N)C(=O)Nc1nc(SC)ns1. The number of hydrogen-bond donors (Lipinski definition) is 1. The van der Waals surface area contributed by atoms with E-state index in [1.807, 2.05) is 12.3 Å². The quantitative estimate of drug-likeness (QED) is 0.356. The zero-order valence-electron chi connectivity index (χ0n) is 14.8. The highest BCUT2D eigenvalue weighted by Gasteiger charge is 2.15. The summed E-state index contributed by atoms with van der Waals surface area (Å²) < 4.78 is 11.2. The lowest BCUT2D eigenvalue weighted by atomic mass is 10.2. The molecule has 0 aliphatic carbocycles. The number of methoxy groups -OCH3 is 1. The third-order valence-electron chi connectivity index (χ3n) is 3.65. The Balaban J connectivity index is 1.92. The Labute approximate surface area is 174 Å². The van der Waals surface area contributed by atoms with Gasteiger partial charge in [0.15, 0.2) is 0 Å². The van der Waals surface area contributed by atoms with Crippen molar-refractivity contribution in [2.45, 2.75) is 5.16 Å². The molecule has 3 aromatic rings. The average molecular weight is 432 g/mol. The summed E-state index contributed by atoms with van der Waals surface area (Å²) in [7, 11) is 1.56. The van der Waals surface area contributed by atoms with Gasteiger partial charge in [0.05, 0.1) is 12.8 Å². The van der Waals surface area contributed by atoms with Crippen molar-refractivity contribution in [3.8, 4) is 17.5 Å². The molecule has 28 heavy (non-hydrogen) atoms. The van der Waals surface area contributed by atoms with Gasteiger partial charge >= 0.3 is 0 Å². The molecule has 0 aliphatic rings. The second-order valence-electron chi connectivity index (χ2n) is 5.33. The van der Waals surface area contributed by atoms with E-state index < -0.39 is 5.91 Å². The first-order chi connectivity index (χ1) is 13.5. The largest absolute Gasteiger partial charge is 0.495 e. The minimum atomic E-state index is -0.558. The molecule has 1 amide bonds. The summed E-state index contributed by atoms with van der Waals surface area (Å²) in [6.45, 7) is 0. The number of ether oxygens (including phenoxy) is 1. The summed E-state index contributed by atoms with van der Waals surface area (Å²) in [6, 6.07) is 10.7. The maximum atomic E-state index is 12.5. The van der Waals surface area contributed by atoms with Gasteiger partial charge in [-0.3, -0.25) is 10.1 Å². The van der Waals surface area contributed by atoms with Crippen LogP contribution in [0.5, 0.6) is 5.75 Å². The standard InChI is InChI=1S/C18H14ClN5O2S2/c1-26-15-6-5-12(19)9-14(15)24-7-3-4-13(24)8-11(10-20)16(25)21-17-22-18(27-2)23-28-17/h3-9H,1-2H3,(H,21,22,23,25)/b11-8-. The van der Waals surface area contributed by atoms with E-state index in [0.717, 1.165) is 11.5 Å². The topological polar surface area (TPSA) is 92.8 Å². The van der Waals surface area contributed by atoms with Crippen LogP contribution in [0.25, 0.3) is 11.8 Å². The van der Waals surface area contributed by atoms with Crippen LogP contribution in [0.3, 0.4) is 0 Å². The number of aromatic nitrogens is 3. The molecule has 0 saturated carbocycles. The fourth-order valence-corrected chi connectivity index (χ4v) is 3.67. The highest BCUT2D eigenvalue weighted by Crippen LogP contribution is 2.28. The fourth-order valence-electron chi connectivity index (χ4n) is 2.39. The molecule has 0 atom stereocenters. The molecule has 3 rings (SSSR count). The van der Waals surface area contributed by atoms with Crippen molar-refractivity contribution in [2.24, 2.45) is 0 Å². The molecule has 7 nitrogen and oxygen atoms in total. The van der Waals surface area contributed by atoms with Crippen molar-refractivity contribution >= 4 is 52.0 Å². The molecule has 142 valence electrons. The van der Waals surface area contributed by atoms with Crippen LogP contribution < -0.4 is 10.1 Å². The summed E-state index contributed by atoms with van der Waals surface area (Å²) >= 11 is 8.54. The van der Waals surface area contributed by atoms with E-state index in [-0.39, 0.29) is 5.57 Å². The Bertz CT molecular complexity index is 1080. The smallest absolute Gasteiger partial charge is 0.268 e. The molecule has 1 aromatic carbocycles. The zero-order valence-corrected chi connectivity index (χ0v) is 17.2. The summed E-state index contributed by atoms with van der Waals surface area (Å²) in [6.07, 6.45) is 5.13. The normalized spacial score (nSPS) is 11.1. The van der Waals surface area contributed by atoms with Crippen LogP contribution in [0.15, 0.2) is 47.3 Å². The molecule has 0 saturated heterocycles. The molecule has 0 fully saturated rings. The van der Waals surface area contributed by atoms with Crippen molar-refractivity contribution in [1.29, 1.82) is 5.26 Å². The van der Waals surface area contributed by atoms with Gasteiger partial charge in [-0.2, -0.15) is 14.6 Å². The number of nitrogens with zero attached hydrogens (tertiary/aromatic N) is 4. The van der Waals surface area contributed by atoms with E-state index >= 15 is 0 Å². The Hall–Kier alpha value is -2.80. The second-order valence-corrected chi connectivity index (χ2v) is 7.29. The number of hydrogen-bond acceptors (Lipinski definition) is 7. The third kappa shape index (κ3) is 4.36.